The lowest BCUT2D eigenvalue weighted by atomic mass is 10.2. The van der Waals surface area contributed by atoms with E-state index in [9.17, 15) is 0 Å². The van der Waals surface area contributed by atoms with Crippen molar-refractivity contribution < 1.29 is 4.74 Å². The van der Waals surface area contributed by atoms with Gasteiger partial charge in [-0.15, -0.1) is 0 Å². The molecule has 5 heteroatoms. The van der Waals surface area contributed by atoms with E-state index < -0.39 is 0 Å². The van der Waals surface area contributed by atoms with Gasteiger partial charge in [-0.25, -0.2) is 9.66 Å². The summed E-state index contributed by atoms with van der Waals surface area (Å²) < 4.78 is 7.12. The van der Waals surface area contributed by atoms with Crippen molar-refractivity contribution in [1.29, 1.82) is 5.26 Å². The molecule has 0 unspecified atom stereocenters. The number of aromatic nitrogens is 2. The molecule has 0 amide bonds. The Kier molecular flexibility index (Phi) is 4.25. The molecule has 0 aliphatic rings. The Hall–Kier alpha value is -3.26. The van der Waals surface area contributed by atoms with Crippen LogP contribution in [0.15, 0.2) is 67.3 Å². The van der Waals surface area contributed by atoms with E-state index in [4.69, 9.17) is 10.00 Å². The third-order valence-corrected chi connectivity index (χ3v) is 3.56. The molecule has 0 bridgehead atoms. The summed E-state index contributed by atoms with van der Waals surface area (Å²) in [5.41, 5.74) is 2.77. The average Bonchev–Trinajstić information content (AvgIpc) is 3.15. The first-order valence-corrected chi connectivity index (χ1v) is 7.19. The maximum absolute atomic E-state index is 8.94. The van der Waals surface area contributed by atoms with Crippen molar-refractivity contribution in [2.24, 2.45) is 0 Å². The van der Waals surface area contributed by atoms with Crippen LogP contribution in [0.3, 0.4) is 0 Å². The van der Waals surface area contributed by atoms with Gasteiger partial charge in [-0.1, -0.05) is 12.1 Å². The maximum Gasteiger partial charge on any atom is 0.118 e. The SMILES string of the molecule is COc1ccc(CN(c2ccc(C#N)cc2)n2ccnc2)cc1. The number of anilines is 1. The first kappa shape index (κ1) is 14.7. The predicted molar refractivity (Wildman–Crippen MR) is 88.0 cm³/mol. The van der Waals surface area contributed by atoms with Crippen LogP contribution in [0, 0.1) is 11.3 Å². The lowest BCUT2D eigenvalue weighted by Crippen LogP contribution is -2.27. The molecule has 0 saturated carbocycles. The number of ether oxygens (including phenoxy) is 1. The number of nitrogens with zero attached hydrogens (tertiary/aromatic N) is 4. The van der Waals surface area contributed by atoms with Gasteiger partial charge in [0.25, 0.3) is 0 Å². The number of methoxy groups -OCH3 is 1. The molecule has 0 spiro atoms. The Morgan fingerprint density at radius 2 is 1.87 bits per heavy atom. The zero-order valence-electron chi connectivity index (χ0n) is 12.8. The minimum absolute atomic E-state index is 0.642. The maximum atomic E-state index is 8.94. The topological polar surface area (TPSA) is 54.1 Å². The van der Waals surface area contributed by atoms with Crippen LogP contribution in [0.5, 0.6) is 5.75 Å². The molecule has 0 atom stereocenters. The van der Waals surface area contributed by atoms with Crippen molar-refractivity contribution >= 4 is 5.69 Å². The second-order valence-electron chi connectivity index (χ2n) is 5.01. The van der Waals surface area contributed by atoms with Gasteiger partial charge in [0.05, 0.1) is 31.0 Å². The number of nitriles is 1. The second kappa shape index (κ2) is 6.67. The van der Waals surface area contributed by atoms with E-state index in [1.54, 1.807) is 19.6 Å². The molecule has 23 heavy (non-hydrogen) atoms. The van der Waals surface area contributed by atoms with Crippen LogP contribution in [-0.4, -0.2) is 16.8 Å². The summed E-state index contributed by atoms with van der Waals surface area (Å²) in [6.45, 7) is 0.673. The summed E-state index contributed by atoms with van der Waals surface area (Å²) >= 11 is 0. The smallest absolute Gasteiger partial charge is 0.118 e. The fourth-order valence-electron chi connectivity index (χ4n) is 2.31. The van der Waals surface area contributed by atoms with Crippen molar-refractivity contribution in [3.05, 3.63) is 78.4 Å². The Labute approximate surface area is 135 Å². The van der Waals surface area contributed by atoms with E-state index in [1.807, 2.05) is 59.4 Å². The third-order valence-electron chi connectivity index (χ3n) is 3.56. The summed E-state index contributed by atoms with van der Waals surface area (Å²) in [5, 5.41) is 11.0. The lowest BCUT2D eigenvalue weighted by Gasteiger charge is -2.25. The van der Waals surface area contributed by atoms with Crippen LogP contribution < -0.4 is 9.75 Å². The predicted octanol–water partition coefficient (Wildman–Crippen LogP) is 3.23. The fraction of sp³-hybridized carbons (Fsp3) is 0.111. The van der Waals surface area contributed by atoms with E-state index in [2.05, 4.69) is 16.1 Å². The van der Waals surface area contributed by atoms with Crippen molar-refractivity contribution in [3.8, 4) is 11.8 Å². The molecule has 3 rings (SSSR count). The highest BCUT2D eigenvalue weighted by atomic mass is 16.5. The third kappa shape index (κ3) is 3.33. The van der Waals surface area contributed by atoms with E-state index in [0.717, 1.165) is 17.0 Å². The number of benzene rings is 2. The standard InChI is InChI=1S/C18H16N4O/c1-23-18-8-4-16(5-9-18)13-22(21-11-10-20-14-21)17-6-2-15(12-19)3-7-17/h2-11,14H,13H2,1H3. The van der Waals surface area contributed by atoms with Crippen LogP contribution in [0.2, 0.25) is 0 Å². The lowest BCUT2D eigenvalue weighted by molar-refractivity contribution is 0.414. The molecule has 5 nitrogen and oxygen atoms in total. The largest absolute Gasteiger partial charge is 0.497 e. The highest BCUT2D eigenvalue weighted by Gasteiger charge is 2.09. The molecule has 114 valence electrons. The summed E-state index contributed by atoms with van der Waals surface area (Å²) in [6.07, 6.45) is 5.38. The molecule has 0 fully saturated rings. The first-order chi connectivity index (χ1) is 11.3. The molecule has 1 aromatic heterocycles. The van der Waals surface area contributed by atoms with Gasteiger partial charge < -0.3 is 4.74 Å². The number of imidazole rings is 1. The number of hydrogen-bond acceptors (Lipinski definition) is 4. The van der Waals surface area contributed by atoms with Crippen LogP contribution in [0.4, 0.5) is 5.69 Å². The fourth-order valence-corrected chi connectivity index (χ4v) is 2.31. The molecular formula is C18H16N4O. The normalized spacial score (nSPS) is 10.1. The minimum atomic E-state index is 0.642. The molecule has 0 radical (unpaired) electrons. The van der Waals surface area contributed by atoms with Gasteiger partial charge in [0.15, 0.2) is 0 Å². The second-order valence-corrected chi connectivity index (χ2v) is 5.01. The average molecular weight is 304 g/mol. The summed E-state index contributed by atoms with van der Waals surface area (Å²) in [7, 11) is 1.66. The Balaban J connectivity index is 1.90. The summed E-state index contributed by atoms with van der Waals surface area (Å²) in [4.78, 5) is 4.12. The van der Waals surface area contributed by atoms with Gasteiger partial charge in [-0.05, 0) is 42.0 Å². The van der Waals surface area contributed by atoms with Crippen molar-refractivity contribution in [2.75, 3.05) is 12.1 Å². The Morgan fingerprint density at radius 3 is 2.43 bits per heavy atom. The van der Waals surface area contributed by atoms with Gasteiger partial charge in [0.1, 0.15) is 12.1 Å². The highest BCUT2D eigenvalue weighted by Crippen LogP contribution is 2.20. The zero-order chi connectivity index (χ0) is 16.1. The Morgan fingerprint density at radius 1 is 1.13 bits per heavy atom. The minimum Gasteiger partial charge on any atom is -0.497 e. The van der Waals surface area contributed by atoms with E-state index >= 15 is 0 Å². The zero-order valence-corrected chi connectivity index (χ0v) is 12.8. The van der Waals surface area contributed by atoms with Crippen LogP contribution >= 0.6 is 0 Å². The molecule has 1 heterocycles. The van der Waals surface area contributed by atoms with E-state index in [1.165, 1.54) is 0 Å². The summed E-state index contributed by atoms with van der Waals surface area (Å²) in [6, 6.07) is 17.6. The van der Waals surface area contributed by atoms with E-state index in [0.29, 0.717) is 12.1 Å². The summed E-state index contributed by atoms with van der Waals surface area (Å²) in [5.74, 6) is 0.835. The number of hydrogen-bond donors (Lipinski definition) is 0. The van der Waals surface area contributed by atoms with Gasteiger partial charge in [-0.2, -0.15) is 5.26 Å². The van der Waals surface area contributed by atoms with Crippen LogP contribution in [0.1, 0.15) is 11.1 Å². The van der Waals surface area contributed by atoms with Gasteiger partial charge in [0, 0.05) is 12.4 Å². The van der Waals surface area contributed by atoms with Gasteiger partial charge in [0.2, 0.25) is 0 Å². The molecule has 2 aromatic carbocycles. The Bertz CT molecular complexity index is 787. The number of rotatable bonds is 5. The first-order valence-electron chi connectivity index (χ1n) is 7.19. The van der Waals surface area contributed by atoms with Crippen molar-refractivity contribution in [3.63, 3.8) is 0 Å². The van der Waals surface area contributed by atoms with Crippen LogP contribution in [0.25, 0.3) is 0 Å². The van der Waals surface area contributed by atoms with Crippen molar-refractivity contribution in [1.82, 2.24) is 9.66 Å². The quantitative estimate of drug-likeness (QED) is 0.726. The van der Waals surface area contributed by atoms with Crippen molar-refractivity contribution in [2.45, 2.75) is 6.54 Å². The highest BCUT2D eigenvalue weighted by molar-refractivity contribution is 5.50. The van der Waals surface area contributed by atoms with Gasteiger partial charge in [-0.3, -0.25) is 5.01 Å². The molecule has 0 aliphatic heterocycles. The molecule has 0 N–H and O–H groups in total. The van der Waals surface area contributed by atoms with Crippen LogP contribution in [-0.2, 0) is 6.54 Å². The monoisotopic (exact) mass is 304 g/mol. The molecule has 0 aliphatic carbocycles. The molecular weight excluding hydrogens is 288 g/mol. The van der Waals surface area contributed by atoms with E-state index in [-0.39, 0.29) is 0 Å². The molecule has 3 aromatic rings. The van der Waals surface area contributed by atoms with Gasteiger partial charge >= 0.3 is 0 Å². The molecule has 0 saturated heterocycles.